The quantitative estimate of drug-likeness (QED) is 0.0545. The van der Waals surface area contributed by atoms with Gasteiger partial charge in [-0.2, -0.15) is 0 Å². The molecule has 0 aromatic rings. The molecule has 3 N–H and O–H groups in total. The molecule has 0 radical (unpaired) electrons. The van der Waals surface area contributed by atoms with E-state index in [1.165, 1.54) is 154 Å². The van der Waals surface area contributed by atoms with E-state index in [1.54, 1.807) is 0 Å². The Labute approximate surface area is 325 Å². The van der Waals surface area contributed by atoms with Crippen molar-refractivity contribution in [2.45, 2.75) is 233 Å². The summed E-state index contributed by atoms with van der Waals surface area (Å²) in [6, 6.07) is 0. The normalized spacial score (nSPS) is 12.7. The average Bonchev–Trinajstić information content (AvgIpc) is 3.14. The number of aliphatic hydroxyl groups excluding tert-OH is 1. The molecule has 0 aliphatic heterocycles. The number of hydrogen-bond acceptors (Lipinski definition) is 4. The van der Waals surface area contributed by atoms with Crippen molar-refractivity contribution in [2.75, 3.05) is 39.3 Å². The topological polar surface area (TPSA) is 81.7 Å². The van der Waals surface area contributed by atoms with Crippen molar-refractivity contribution in [3.63, 3.8) is 0 Å². The number of carbonyl (C=O) groups excluding carboxylic acids is 2. The van der Waals surface area contributed by atoms with E-state index in [4.69, 9.17) is 0 Å². The largest absolute Gasteiger partial charge is 0.395 e. The second-order valence-corrected chi connectivity index (χ2v) is 16.3. The zero-order valence-corrected chi connectivity index (χ0v) is 35.7. The molecule has 0 fully saturated rings. The van der Waals surface area contributed by atoms with Gasteiger partial charge < -0.3 is 20.6 Å². The third-order valence-electron chi connectivity index (χ3n) is 11.2. The van der Waals surface area contributed by atoms with Crippen LogP contribution in [0.2, 0.25) is 0 Å². The Morgan fingerprint density at radius 2 is 0.731 bits per heavy atom. The second kappa shape index (κ2) is 41.0. The standard InChI is InChI=1S/C46H93N3O3/c1-5-9-13-17-19-25-33-43(31-23-15-11-7-3)41-47-45(51)35-27-21-29-37-49(39-40-50)38-30-22-28-36-46(52)48-42-44(32-24-16-12-8-4)34-26-20-18-14-10-6-2/h43-44,50H,5-42H2,1-4H3,(H,47,51)(H,48,52). The van der Waals surface area contributed by atoms with Crippen LogP contribution in [0.4, 0.5) is 0 Å². The fourth-order valence-electron chi connectivity index (χ4n) is 7.61. The van der Waals surface area contributed by atoms with E-state index < -0.39 is 0 Å². The number of nitrogens with zero attached hydrogens (tertiary/aromatic N) is 1. The Kier molecular flexibility index (Phi) is 40.1. The van der Waals surface area contributed by atoms with Gasteiger partial charge in [-0.3, -0.25) is 9.59 Å². The predicted molar refractivity (Wildman–Crippen MR) is 227 cm³/mol. The summed E-state index contributed by atoms with van der Waals surface area (Å²) in [6.45, 7) is 13.6. The number of rotatable bonds is 42. The van der Waals surface area contributed by atoms with Crippen LogP contribution in [-0.2, 0) is 9.59 Å². The third kappa shape index (κ3) is 35.9. The van der Waals surface area contributed by atoms with Gasteiger partial charge in [-0.15, -0.1) is 0 Å². The molecule has 2 unspecified atom stereocenters. The molecule has 2 amide bonds. The maximum atomic E-state index is 12.7. The van der Waals surface area contributed by atoms with Gasteiger partial charge in [0.15, 0.2) is 0 Å². The summed E-state index contributed by atoms with van der Waals surface area (Å²) in [7, 11) is 0. The zero-order valence-electron chi connectivity index (χ0n) is 35.7. The maximum Gasteiger partial charge on any atom is 0.220 e. The van der Waals surface area contributed by atoms with E-state index in [0.29, 0.717) is 31.2 Å². The monoisotopic (exact) mass is 736 g/mol. The number of nitrogens with one attached hydrogen (secondary N) is 2. The highest BCUT2D eigenvalue weighted by molar-refractivity contribution is 5.76. The summed E-state index contributed by atoms with van der Waals surface area (Å²) in [4.78, 5) is 27.7. The molecule has 2 atom stereocenters. The van der Waals surface area contributed by atoms with Crippen molar-refractivity contribution in [3.8, 4) is 0 Å². The van der Waals surface area contributed by atoms with Crippen LogP contribution in [0.3, 0.4) is 0 Å². The summed E-state index contributed by atoms with van der Waals surface area (Å²) in [5.74, 6) is 1.70. The SMILES string of the molecule is CCCCCCCCC(CCCCCC)CNC(=O)CCCCCN(CCO)CCCCCC(=O)NCC(CCCCCC)CCCCCCCC. The van der Waals surface area contributed by atoms with Crippen LogP contribution in [0, 0.1) is 11.8 Å². The van der Waals surface area contributed by atoms with Gasteiger partial charge in [0.2, 0.25) is 11.8 Å². The van der Waals surface area contributed by atoms with Crippen LogP contribution in [0.1, 0.15) is 233 Å². The summed E-state index contributed by atoms with van der Waals surface area (Å²) in [5.41, 5.74) is 0. The molecular formula is C46H93N3O3. The molecule has 0 aromatic heterocycles. The lowest BCUT2D eigenvalue weighted by atomic mass is 9.94. The number of amides is 2. The van der Waals surface area contributed by atoms with Gasteiger partial charge in [0.05, 0.1) is 6.61 Å². The molecule has 0 rings (SSSR count). The minimum absolute atomic E-state index is 0.182. The lowest BCUT2D eigenvalue weighted by Gasteiger charge is -2.21. The lowest BCUT2D eigenvalue weighted by molar-refractivity contribution is -0.122. The minimum atomic E-state index is 0.182. The number of carbonyl (C=O) groups is 2. The van der Waals surface area contributed by atoms with Crippen LogP contribution in [0.25, 0.3) is 0 Å². The van der Waals surface area contributed by atoms with Crippen LogP contribution >= 0.6 is 0 Å². The first-order valence-electron chi connectivity index (χ1n) is 23.4. The van der Waals surface area contributed by atoms with E-state index in [-0.39, 0.29) is 18.4 Å². The zero-order chi connectivity index (χ0) is 38.2. The molecule has 0 bridgehead atoms. The van der Waals surface area contributed by atoms with Gasteiger partial charge in [-0.1, -0.05) is 169 Å². The van der Waals surface area contributed by atoms with Gasteiger partial charge in [0, 0.05) is 32.5 Å². The number of unbranched alkanes of at least 4 members (excludes halogenated alkanes) is 20. The van der Waals surface area contributed by atoms with Crippen LogP contribution in [0.15, 0.2) is 0 Å². The Morgan fingerprint density at radius 3 is 1.08 bits per heavy atom. The summed E-state index contributed by atoms with van der Waals surface area (Å²) >= 11 is 0. The van der Waals surface area contributed by atoms with E-state index in [0.717, 1.165) is 64.7 Å². The first-order valence-corrected chi connectivity index (χ1v) is 23.4. The maximum absolute atomic E-state index is 12.7. The molecule has 6 nitrogen and oxygen atoms in total. The number of hydrogen-bond donors (Lipinski definition) is 3. The minimum Gasteiger partial charge on any atom is -0.395 e. The molecular weight excluding hydrogens is 643 g/mol. The van der Waals surface area contributed by atoms with Crippen LogP contribution in [0.5, 0.6) is 0 Å². The Morgan fingerprint density at radius 1 is 0.423 bits per heavy atom. The molecule has 0 aromatic carbocycles. The van der Waals surface area contributed by atoms with Crippen molar-refractivity contribution in [2.24, 2.45) is 11.8 Å². The van der Waals surface area contributed by atoms with Crippen molar-refractivity contribution in [1.82, 2.24) is 15.5 Å². The first-order chi connectivity index (χ1) is 25.5. The highest BCUT2D eigenvalue weighted by Crippen LogP contribution is 2.20. The van der Waals surface area contributed by atoms with E-state index >= 15 is 0 Å². The van der Waals surface area contributed by atoms with Gasteiger partial charge in [-0.25, -0.2) is 0 Å². The smallest absolute Gasteiger partial charge is 0.220 e. The van der Waals surface area contributed by atoms with Gasteiger partial charge >= 0.3 is 0 Å². The third-order valence-corrected chi connectivity index (χ3v) is 11.2. The Hall–Kier alpha value is -1.14. The Balaban J connectivity index is 4.22. The first kappa shape index (κ1) is 50.9. The Bertz CT molecular complexity index is 690. The average molecular weight is 736 g/mol. The predicted octanol–water partition coefficient (Wildman–Crippen LogP) is 12.3. The molecule has 0 spiro atoms. The van der Waals surface area contributed by atoms with E-state index in [2.05, 4.69) is 43.2 Å². The molecule has 6 heteroatoms. The summed E-state index contributed by atoms with van der Waals surface area (Å²) in [6.07, 6.45) is 38.8. The van der Waals surface area contributed by atoms with E-state index in [9.17, 15) is 14.7 Å². The van der Waals surface area contributed by atoms with Gasteiger partial charge in [-0.05, 0) is 76.3 Å². The van der Waals surface area contributed by atoms with Crippen LogP contribution < -0.4 is 10.6 Å². The molecule has 0 aliphatic rings. The second-order valence-electron chi connectivity index (χ2n) is 16.3. The molecule has 310 valence electrons. The fraction of sp³-hybridized carbons (Fsp3) is 0.957. The molecule has 0 aliphatic carbocycles. The van der Waals surface area contributed by atoms with Crippen molar-refractivity contribution < 1.29 is 14.7 Å². The van der Waals surface area contributed by atoms with Crippen molar-refractivity contribution >= 4 is 11.8 Å². The van der Waals surface area contributed by atoms with Gasteiger partial charge in [0.25, 0.3) is 0 Å². The molecule has 52 heavy (non-hydrogen) atoms. The highest BCUT2D eigenvalue weighted by Gasteiger charge is 2.13. The number of aliphatic hydroxyl groups is 1. The summed E-state index contributed by atoms with van der Waals surface area (Å²) < 4.78 is 0. The molecule has 0 heterocycles. The van der Waals surface area contributed by atoms with E-state index in [1.807, 2.05) is 0 Å². The molecule has 0 saturated heterocycles. The van der Waals surface area contributed by atoms with Crippen molar-refractivity contribution in [3.05, 3.63) is 0 Å². The molecule has 0 saturated carbocycles. The summed E-state index contributed by atoms with van der Waals surface area (Å²) in [5, 5.41) is 16.2. The van der Waals surface area contributed by atoms with Gasteiger partial charge in [0.1, 0.15) is 0 Å². The van der Waals surface area contributed by atoms with Crippen molar-refractivity contribution in [1.29, 1.82) is 0 Å². The fourth-order valence-corrected chi connectivity index (χ4v) is 7.61. The lowest BCUT2D eigenvalue weighted by Crippen LogP contribution is -2.30. The highest BCUT2D eigenvalue weighted by atomic mass is 16.3. The van der Waals surface area contributed by atoms with Crippen LogP contribution in [-0.4, -0.2) is 61.2 Å².